The molecule has 0 aromatic heterocycles. The number of likely N-dealkylation sites (N-methyl/N-ethyl adjacent to an activating group) is 1. The highest BCUT2D eigenvalue weighted by molar-refractivity contribution is 7.88. The maximum Gasteiger partial charge on any atom is 0.238 e. The molecule has 1 fully saturated rings. The van der Waals surface area contributed by atoms with Gasteiger partial charge in [-0.05, 0) is 37.5 Å². The standard InChI is InChI=1S/C16H24N2O4S/c1-4-22-14-9-7-13(8-10-14)15-6-5-11-18(15)16(19)12-17(2)23(3,20)21/h7-10,15H,4-6,11-12H2,1-3H3/t15-/m1/s1. The van der Waals surface area contributed by atoms with Gasteiger partial charge in [0.1, 0.15) is 5.75 Å². The Labute approximate surface area is 138 Å². The molecule has 23 heavy (non-hydrogen) atoms. The van der Waals surface area contributed by atoms with Crippen LogP contribution in [0.3, 0.4) is 0 Å². The zero-order valence-electron chi connectivity index (χ0n) is 13.9. The van der Waals surface area contributed by atoms with Crippen LogP contribution in [0.1, 0.15) is 31.4 Å². The minimum Gasteiger partial charge on any atom is -0.494 e. The SMILES string of the molecule is CCOc1ccc([C@H]2CCCN2C(=O)CN(C)S(C)(=O)=O)cc1. The molecule has 1 aliphatic rings. The highest BCUT2D eigenvalue weighted by Gasteiger charge is 2.31. The number of carbonyl (C=O) groups is 1. The Morgan fingerprint density at radius 3 is 2.57 bits per heavy atom. The number of carbonyl (C=O) groups excluding carboxylic acids is 1. The van der Waals surface area contributed by atoms with Crippen LogP contribution in [0.2, 0.25) is 0 Å². The number of benzene rings is 1. The first-order valence-corrected chi connectivity index (χ1v) is 9.61. The largest absolute Gasteiger partial charge is 0.494 e. The fourth-order valence-corrected chi connectivity index (χ4v) is 3.11. The van der Waals surface area contributed by atoms with Gasteiger partial charge < -0.3 is 9.64 Å². The summed E-state index contributed by atoms with van der Waals surface area (Å²) in [6, 6.07) is 7.76. The van der Waals surface area contributed by atoms with Crippen LogP contribution in [0.25, 0.3) is 0 Å². The fraction of sp³-hybridized carbons (Fsp3) is 0.562. The Balaban J connectivity index is 2.09. The summed E-state index contributed by atoms with van der Waals surface area (Å²) in [7, 11) is -1.93. The van der Waals surface area contributed by atoms with E-state index in [0.717, 1.165) is 34.7 Å². The van der Waals surface area contributed by atoms with Gasteiger partial charge in [-0.3, -0.25) is 4.79 Å². The molecular weight excluding hydrogens is 316 g/mol. The molecule has 1 heterocycles. The van der Waals surface area contributed by atoms with E-state index in [1.54, 1.807) is 4.90 Å². The van der Waals surface area contributed by atoms with E-state index < -0.39 is 10.0 Å². The molecule has 1 aliphatic heterocycles. The summed E-state index contributed by atoms with van der Waals surface area (Å²) in [5, 5.41) is 0. The lowest BCUT2D eigenvalue weighted by molar-refractivity contribution is -0.132. The molecule has 0 bridgehead atoms. The van der Waals surface area contributed by atoms with E-state index in [-0.39, 0.29) is 18.5 Å². The Hall–Kier alpha value is -1.60. The molecule has 1 amide bonds. The van der Waals surface area contributed by atoms with Gasteiger partial charge in [0.2, 0.25) is 15.9 Å². The molecule has 0 saturated carbocycles. The van der Waals surface area contributed by atoms with E-state index in [0.29, 0.717) is 13.2 Å². The maximum absolute atomic E-state index is 12.5. The number of sulfonamides is 1. The topological polar surface area (TPSA) is 66.9 Å². The van der Waals surface area contributed by atoms with Crippen molar-refractivity contribution in [3.63, 3.8) is 0 Å². The number of hydrogen-bond donors (Lipinski definition) is 0. The second-order valence-corrected chi connectivity index (χ2v) is 7.86. The Kier molecular flexibility index (Phi) is 5.64. The van der Waals surface area contributed by atoms with Crippen LogP contribution in [0.4, 0.5) is 0 Å². The van der Waals surface area contributed by atoms with Crippen LogP contribution in [0, 0.1) is 0 Å². The zero-order valence-corrected chi connectivity index (χ0v) is 14.7. The van der Waals surface area contributed by atoms with Crippen LogP contribution in [-0.2, 0) is 14.8 Å². The van der Waals surface area contributed by atoms with Crippen LogP contribution >= 0.6 is 0 Å². The van der Waals surface area contributed by atoms with Crippen molar-refractivity contribution in [2.24, 2.45) is 0 Å². The minimum atomic E-state index is -3.35. The highest BCUT2D eigenvalue weighted by atomic mass is 32.2. The number of ether oxygens (including phenoxy) is 1. The van der Waals surface area contributed by atoms with Gasteiger partial charge in [0.15, 0.2) is 0 Å². The van der Waals surface area contributed by atoms with Gasteiger partial charge in [0.25, 0.3) is 0 Å². The average Bonchev–Trinajstić information content (AvgIpc) is 2.97. The average molecular weight is 340 g/mol. The molecule has 6 nitrogen and oxygen atoms in total. The van der Waals surface area contributed by atoms with Crippen molar-refractivity contribution < 1.29 is 17.9 Å². The van der Waals surface area contributed by atoms with Gasteiger partial charge >= 0.3 is 0 Å². The van der Waals surface area contributed by atoms with Gasteiger partial charge in [0, 0.05) is 13.6 Å². The van der Waals surface area contributed by atoms with Gasteiger partial charge in [-0.15, -0.1) is 0 Å². The fourth-order valence-electron chi connectivity index (χ4n) is 2.76. The third-order valence-electron chi connectivity index (χ3n) is 4.07. The summed E-state index contributed by atoms with van der Waals surface area (Å²) >= 11 is 0. The Morgan fingerprint density at radius 2 is 2.00 bits per heavy atom. The second-order valence-electron chi connectivity index (χ2n) is 5.77. The predicted molar refractivity (Wildman–Crippen MR) is 88.8 cm³/mol. The monoisotopic (exact) mass is 340 g/mol. The van der Waals surface area contributed by atoms with Gasteiger partial charge in [0.05, 0.1) is 25.4 Å². The van der Waals surface area contributed by atoms with Crippen LogP contribution in [0.5, 0.6) is 5.75 Å². The molecule has 0 radical (unpaired) electrons. The summed E-state index contributed by atoms with van der Waals surface area (Å²) in [4.78, 5) is 14.2. The zero-order chi connectivity index (χ0) is 17.0. The first-order valence-electron chi connectivity index (χ1n) is 7.76. The van der Waals surface area contributed by atoms with Gasteiger partial charge in [-0.1, -0.05) is 12.1 Å². The van der Waals surface area contributed by atoms with Gasteiger partial charge in [-0.25, -0.2) is 8.42 Å². The summed E-state index contributed by atoms with van der Waals surface area (Å²) in [5.74, 6) is 0.651. The lowest BCUT2D eigenvalue weighted by atomic mass is 10.0. The van der Waals surface area contributed by atoms with Crippen LogP contribution in [-0.4, -0.2) is 56.5 Å². The van der Waals surface area contributed by atoms with Crippen molar-refractivity contribution in [2.75, 3.05) is 33.0 Å². The molecule has 1 aromatic carbocycles. The third kappa shape index (κ3) is 4.45. The minimum absolute atomic E-state index is 0.00568. The van der Waals surface area contributed by atoms with Crippen molar-refractivity contribution in [3.8, 4) is 5.75 Å². The van der Waals surface area contributed by atoms with Crippen LogP contribution in [0.15, 0.2) is 24.3 Å². The molecule has 1 aromatic rings. The molecule has 0 N–H and O–H groups in total. The van der Waals surface area contributed by atoms with Crippen molar-refractivity contribution >= 4 is 15.9 Å². The smallest absolute Gasteiger partial charge is 0.238 e. The lowest BCUT2D eigenvalue weighted by Gasteiger charge is -2.27. The normalized spacial score (nSPS) is 18.4. The number of amides is 1. The molecule has 0 unspecified atom stereocenters. The van der Waals surface area contributed by atoms with E-state index in [2.05, 4.69) is 0 Å². The van der Waals surface area contributed by atoms with Crippen molar-refractivity contribution in [1.29, 1.82) is 0 Å². The summed E-state index contributed by atoms with van der Waals surface area (Å²) in [6.45, 7) is 3.09. The molecule has 7 heteroatoms. The number of nitrogens with zero attached hydrogens (tertiary/aromatic N) is 2. The molecule has 128 valence electrons. The quantitative estimate of drug-likeness (QED) is 0.789. The molecule has 1 saturated heterocycles. The first-order chi connectivity index (χ1) is 10.8. The van der Waals surface area contributed by atoms with Crippen LogP contribution < -0.4 is 4.74 Å². The van der Waals surface area contributed by atoms with Crippen molar-refractivity contribution in [2.45, 2.75) is 25.8 Å². The van der Waals surface area contributed by atoms with Crippen molar-refractivity contribution in [3.05, 3.63) is 29.8 Å². The summed E-state index contributed by atoms with van der Waals surface area (Å²) in [5.41, 5.74) is 1.06. The number of rotatable bonds is 6. The van der Waals surface area contributed by atoms with Gasteiger partial charge in [-0.2, -0.15) is 4.31 Å². The van der Waals surface area contributed by atoms with E-state index in [1.807, 2.05) is 31.2 Å². The maximum atomic E-state index is 12.5. The molecule has 1 atom stereocenters. The molecule has 2 rings (SSSR count). The predicted octanol–water partition coefficient (Wildman–Crippen LogP) is 1.64. The number of likely N-dealkylation sites (tertiary alicyclic amines) is 1. The first kappa shape index (κ1) is 17.7. The van der Waals surface area contributed by atoms with E-state index in [4.69, 9.17) is 4.74 Å². The van der Waals surface area contributed by atoms with E-state index in [9.17, 15) is 13.2 Å². The third-order valence-corrected chi connectivity index (χ3v) is 5.33. The Bertz CT molecular complexity index is 643. The molecular formula is C16H24N2O4S. The summed E-state index contributed by atoms with van der Waals surface area (Å²) in [6.07, 6.45) is 2.92. The molecule has 0 aliphatic carbocycles. The second kappa shape index (κ2) is 7.31. The highest BCUT2D eigenvalue weighted by Crippen LogP contribution is 2.32. The summed E-state index contributed by atoms with van der Waals surface area (Å²) < 4.78 is 29.5. The number of hydrogen-bond acceptors (Lipinski definition) is 4. The Morgan fingerprint density at radius 1 is 1.35 bits per heavy atom. The van der Waals surface area contributed by atoms with E-state index in [1.165, 1.54) is 7.05 Å². The van der Waals surface area contributed by atoms with Crippen molar-refractivity contribution in [1.82, 2.24) is 9.21 Å². The van der Waals surface area contributed by atoms with E-state index >= 15 is 0 Å². The lowest BCUT2D eigenvalue weighted by Crippen LogP contribution is -2.40. The molecule has 0 spiro atoms.